The van der Waals surface area contributed by atoms with E-state index in [1.54, 1.807) is 0 Å². The van der Waals surface area contributed by atoms with E-state index in [0.717, 1.165) is 64.9 Å². The number of hydrogen-bond donors (Lipinski definition) is 2. The van der Waals surface area contributed by atoms with E-state index < -0.39 is 0 Å². The van der Waals surface area contributed by atoms with Gasteiger partial charge in [-0.15, -0.1) is 30.6 Å². The second kappa shape index (κ2) is 13.6. The molecule has 1 heterocycles. The highest BCUT2D eigenvalue weighted by atomic mass is 127. The fourth-order valence-corrected chi connectivity index (χ4v) is 1.83. The molecule has 1 aliphatic heterocycles. The average Bonchev–Trinajstić information content (AvgIpc) is 2.93. The predicted molar refractivity (Wildman–Crippen MR) is 94.0 cm³/mol. The molecule has 0 aromatic heterocycles. The lowest BCUT2D eigenvalue weighted by Crippen LogP contribution is -2.37. The zero-order valence-corrected chi connectivity index (χ0v) is 14.7. The molecule has 0 spiro atoms. The number of halogens is 1. The lowest BCUT2D eigenvalue weighted by Gasteiger charge is -2.10. The fraction of sp³-hybridized carbons (Fsp3) is 0.786. The number of ether oxygens (including phenoxy) is 2. The summed E-state index contributed by atoms with van der Waals surface area (Å²) < 4.78 is 10.9. The molecule has 0 bridgehead atoms. The second-order valence-corrected chi connectivity index (χ2v) is 4.59. The van der Waals surface area contributed by atoms with Crippen LogP contribution in [0.5, 0.6) is 0 Å². The van der Waals surface area contributed by atoms with Crippen molar-refractivity contribution in [2.75, 3.05) is 46.1 Å². The summed E-state index contributed by atoms with van der Waals surface area (Å²) in [5, 5.41) is 6.36. The van der Waals surface area contributed by atoms with Crippen LogP contribution in [0.4, 0.5) is 0 Å². The maximum atomic E-state index is 5.63. The first kappa shape index (κ1) is 19.7. The third kappa shape index (κ3) is 9.55. The Morgan fingerprint density at radius 3 is 3.00 bits per heavy atom. The molecule has 1 unspecified atom stereocenters. The van der Waals surface area contributed by atoms with E-state index >= 15 is 0 Å². The van der Waals surface area contributed by atoms with Gasteiger partial charge in [0.2, 0.25) is 0 Å². The highest BCUT2D eigenvalue weighted by molar-refractivity contribution is 14.0. The van der Waals surface area contributed by atoms with Crippen LogP contribution in [-0.4, -0.2) is 52.0 Å². The molecule has 1 fully saturated rings. The zero-order chi connectivity index (χ0) is 13.8. The summed E-state index contributed by atoms with van der Waals surface area (Å²) in [5.41, 5.74) is 0. The van der Waals surface area contributed by atoms with Crippen molar-refractivity contribution in [2.45, 2.75) is 19.8 Å². The Morgan fingerprint density at radius 1 is 1.50 bits per heavy atom. The van der Waals surface area contributed by atoms with Gasteiger partial charge in [-0.25, -0.2) is 0 Å². The molecular weight excluding hydrogens is 369 g/mol. The normalized spacial score (nSPS) is 18.4. The van der Waals surface area contributed by atoms with Crippen molar-refractivity contribution >= 4 is 29.9 Å². The molecule has 0 aliphatic carbocycles. The number of rotatable bonds is 9. The Balaban J connectivity index is 0.00000361. The highest BCUT2D eigenvalue weighted by Crippen LogP contribution is 2.12. The van der Waals surface area contributed by atoms with Crippen LogP contribution in [0.15, 0.2) is 17.6 Å². The summed E-state index contributed by atoms with van der Waals surface area (Å²) in [4.78, 5) is 4.46. The van der Waals surface area contributed by atoms with Crippen LogP contribution in [0.1, 0.15) is 19.8 Å². The first-order chi connectivity index (χ1) is 9.36. The predicted octanol–water partition coefficient (Wildman–Crippen LogP) is 1.79. The number of guanidine groups is 1. The van der Waals surface area contributed by atoms with Crippen molar-refractivity contribution in [2.24, 2.45) is 10.9 Å². The maximum absolute atomic E-state index is 5.63. The first-order valence-corrected chi connectivity index (χ1v) is 7.15. The number of nitrogens with zero attached hydrogens (tertiary/aromatic N) is 1. The van der Waals surface area contributed by atoms with Gasteiger partial charge in [-0.05, 0) is 19.8 Å². The quantitative estimate of drug-likeness (QED) is 0.205. The molecule has 0 aromatic rings. The molecule has 1 atom stereocenters. The van der Waals surface area contributed by atoms with Crippen molar-refractivity contribution in [3.05, 3.63) is 12.7 Å². The molecule has 1 saturated heterocycles. The van der Waals surface area contributed by atoms with Crippen LogP contribution in [-0.2, 0) is 9.47 Å². The molecule has 118 valence electrons. The smallest absolute Gasteiger partial charge is 0.191 e. The first-order valence-electron chi connectivity index (χ1n) is 7.15. The van der Waals surface area contributed by atoms with E-state index in [0.29, 0.717) is 5.92 Å². The summed E-state index contributed by atoms with van der Waals surface area (Å²) in [7, 11) is 0. The van der Waals surface area contributed by atoms with Crippen LogP contribution in [0, 0.1) is 5.92 Å². The highest BCUT2D eigenvalue weighted by Gasteiger charge is 2.14. The molecule has 0 amide bonds. The summed E-state index contributed by atoms with van der Waals surface area (Å²) >= 11 is 0. The van der Waals surface area contributed by atoms with E-state index in [1.807, 2.05) is 6.08 Å². The molecular formula is C14H28IN3O2. The van der Waals surface area contributed by atoms with Gasteiger partial charge in [0.1, 0.15) is 0 Å². The fourth-order valence-electron chi connectivity index (χ4n) is 1.83. The van der Waals surface area contributed by atoms with E-state index in [1.165, 1.54) is 0 Å². The molecule has 1 rings (SSSR count). The van der Waals surface area contributed by atoms with Crippen molar-refractivity contribution in [1.29, 1.82) is 0 Å². The third-order valence-electron chi connectivity index (χ3n) is 2.85. The summed E-state index contributed by atoms with van der Waals surface area (Å²) in [6, 6.07) is 0. The minimum atomic E-state index is 0. The van der Waals surface area contributed by atoms with E-state index in [2.05, 4.69) is 29.1 Å². The molecule has 1 aliphatic rings. The molecule has 0 saturated carbocycles. The summed E-state index contributed by atoms with van der Waals surface area (Å²) in [6.45, 7) is 11.4. The Morgan fingerprint density at radius 2 is 2.35 bits per heavy atom. The summed E-state index contributed by atoms with van der Waals surface area (Å²) in [6.07, 6.45) is 3.89. The number of aliphatic imine (C=N–C) groups is 1. The van der Waals surface area contributed by atoms with Gasteiger partial charge < -0.3 is 20.1 Å². The van der Waals surface area contributed by atoms with Crippen LogP contribution in [0.2, 0.25) is 0 Å². The van der Waals surface area contributed by atoms with E-state index in [-0.39, 0.29) is 24.0 Å². The third-order valence-corrected chi connectivity index (χ3v) is 2.85. The van der Waals surface area contributed by atoms with Crippen LogP contribution in [0.3, 0.4) is 0 Å². The molecule has 20 heavy (non-hydrogen) atoms. The lowest BCUT2D eigenvalue weighted by atomic mass is 10.1. The topological polar surface area (TPSA) is 54.9 Å². The Kier molecular flexibility index (Phi) is 13.4. The SMILES string of the molecule is C=CCNC(=NCCCOCC1CCOC1)NCC.I. The number of hydrogen-bond acceptors (Lipinski definition) is 3. The minimum Gasteiger partial charge on any atom is -0.381 e. The van der Waals surface area contributed by atoms with Gasteiger partial charge in [-0.3, -0.25) is 4.99 Å². The Bertz CT molecular complexity index is 269. The van der Waals surface area contributed by atoms with Gasteiger partial charge in [-0.1, -0.05) is 6.08 Å². The van der Waals surface area contributed by atoms with Crippen molar-refractivity contribution in [1.82, 2.24) is 10.6 Å². The largest absolute Gasteiger partial charge is 0.381 e. The lowest BCUT2D eigenvalue weighted by molar-refractivity contribution is 0.0893. The summed E-state index contributed by atoms with van der Waals surface area (Å²) in [5.74, 6) is 1.43. The molecule has 6 heteroatoms. The standard InChI is InChI=1S/C14H27N3O2.HI/c1-3-7-16-14(15-4-2)17-8-5-9-18-11-13-6-10-19-12-13;/h3,13H,1,4-12H2,2H3,(H2,15,16,17);1H. The van der Waals surface area contributed by atoms with Gasteiger partial charge in [-0.2, -0.15) is 0 Å². The average molecular weight is 397 g/mol. The van der Waals surface area contributed by atoms with E-state index in [4.69, 9.17) is 9.47 Å². The van der Waals surface area contributed by atoms with E-state index in [9.17, 15) is 0 Å². The minimum absolute atomic E-state index is 0. The van der Waals surface area contributed by atoms with Crippen molar-refractivity contribution in [3.63, 3.8) is 0 Å². The van der Waals surface area contributed by atoms with Crippen LogP contribution >= 0.6 is 24.0 Å². The van der Waals surface area contributed by atoms with Gasteiger partial charge in [0.15, 0.2) is 5.96 Å². The number of nitrogens with one attached hydrogen (secondary N) is 2. The Labute approximate surface area is 139 Å². The van der Waals surface area contributed by atoms with Gasteiger partial charge in [0.25, 0.3) is 0 Å². The second-order valence-electron chi connectivity index (χ2n) is 4.59. The molecule has 2 N–H and O–H groups in total. The zero-order valence-electron chi connectivity index (χ0n) is 12.4. The van der Waals surface area contributed by atoms with Gasteiger partial charge in [0.05, 0.1) is 13.2 Å². The molecule has 5 nitrogen and oxygen atoms in total. The maximum Gasteiger partial charge on any atom is 0.191 e. The van der Waals surface area contributed by atoms with Gasteiger partial charge >= 0.3 is 0 Å². The van der Waals surface area contributed by atoms with Gasteiger partial charge in [0, 0.05) is 38.8 Å². The molecule has 0 radical (unpaired) electrons. The van der Waals surface area contributed by atoms with Crippen LogP contribution < -0.4 is 10.6 Å². The molecule has 0 aromatic carbocycles. The monoisotopic (exact) mass is 397 g/mol. The van der Waals surface area contributed by atoms with Crippen molar-refractivity contribution < 1.29 is 9.47 Å². The Hall–Kier alpha value is -0.340. The van der Waals surface area contributed by atoms with Crippen molar-refractivity contribution in [3.8, 4) is 0 Å². The van der Waals surface area contributed by atoms with Crippen LogP contribution in [0.25, 0.3) is 0 Å².